The number of hydrogen-bond acceptors (Lipinski definition) is 6. The van der Waals surface area contributed by atoms with E-state index < -0.39 is 23.4 Å². The third-order valence-corrected chi connectivity index (χ3v) is 6.15. The van der Waals surface area contributed by atoms with Crippen LogP contribution in [0.15, 0.2) is 35.5 Å². The van der Waals surface area contributed by atoms with Gasteiger partial charge in [-0.3, -0.25) is 15.0 Å². The topological polar surface area (TPSA) is 109 Å². The van der Waals surface area contributed by atoms with Crippen LogP contribution in [0, 0.1) is 0 Å². The molecule has 4 rings (SSSR count). The Hall–Kier alpha value is -2.88. The Morgan fingerprint density at radius 2 is 2.00 bits per heavy atom. The molecular weight excluding hydrogens is 392 g/mol. The van der Waals surface area contributed by atoms with E-state index >= 15 is 0 Å². The van der Waals surface area contributed by atoms with Crippen molar-refractivity contribution in [1.82, 2.24) is 30.5 Å². The zero-order valence-electron chi connectivity index (χ0n) is 16.1. The van der Waals surface area contributed by atoms with Gasteiger partial charge in [0.15, 0.2) is 5.16 Å². The van der Waals surface area contributed by atoms with Crippen LogP contribution < -0.4 is 10.7 Å². The Morgan fingerprint density at radius 1 is 1.21 bits per heavy atom. The van der Waals surface area contributed by atoms with E-state index in [0.717, 1.165) is 43.1 Å². The lowest BCUT2D eigenvalue weighted by Crippen LogP contribution is -2.48. The van der Waals surface area contributed by atoms with Crippen LogP contribution in [0.3, 0.4) is 0 Å². The number of imide groups is 1. The van der Waals surface area contributed by atoms with Gasteiger partial charge < -0.3 is 9.88 Å². The summed E-state index contributed by atoms with van der Waals surface area (Å²) in [5.41, 5.74) is 1.84. The van der Waals surface area contributed by atoms with Crippen molar-refractivity contribution in [2.75, 3.05) is 5.75 Å². The molecule has 2 N–H and O–H groups in total. The molecule has 0 saturated carbocycles. The van der Waals surface area contributed by atoms with Gasteiger partial charge in [-0.15, -0.1) is 10.2 Å². The second-order valence-corrected chi connectivity index (χ2v) is 8.19. The summed E-state index contributed by atoms with van der Waals surface area (Å²) in [6.45, 7) is 2.46. The quantitative estimate of drug-likeness (QED) is 0.568. The lowest BCUT2D eigenvalue weighted by molar-refractivity contribution is -0.138. The Morgan fingerprint density at radius 3 is 2.79 bits per heavy atom. The Bertz CT molecular complexity index is 947. The average molecular weight is 414 g/mol. The average Bonchev–Trinajstić information content (AvgIpc) is 3.08. The number of fused-ring (bicyclic) bond motifs is 1. The standard InChI is InChI=1S/C19H22N6O3S/c1-19(13-8-4-2-5-9-13)16(27)25(17(28)20-19)23-15(26)12-29-18-22-21-14-10-6-3-7-11-24(14)18/h2,4-5,8-9H,3,6-7,10-12H2,1H3,(H,20,28)(H,23,26)/t19-/m1/s1. The van der Waals surface area contributed by atoms with Crippen molar-refractivity contribution in [2.24, 2.45) is 0 Å². The number of hydrogen-bond donors (Lipinski definition) is 2. The molecule has 29 heavy (non-hydrogen) atoms. The van der Waals surface area contributed by atoms with Crippen molar-refractivity contribution in [2.45, 2.75) is 49.8 Å². The third kappa shape index (κ3) is 3.71. The minimum Gasteiger partial charge on any atom is -0.318 e. The Labute approximate surface area is 172 Å². The number of benzene rings is 1. The van der Waals surface area contributed by atoms with Gasteiger partial charge in [-0.1, -0.05) is 48.5 Å². The predicted octanol–water partition coefficient (Wildman–Crippen LogP) is 1.59. The van der Waals surface area contributed by atoms with Gasteiger partial charge in [0, 0.05) is 13.0 Å². The molecule has 0 aliphatic carbocycles. The SMILES string of the molecule is C[C@]1(c2ccccc2)NC(=O)N(NC(=O)CSc2nnc3n2CCCCC3)C1=O. The summed E-state index contributed by atoms with van der Waals surface area (Å²) in [5.74, 6) is -0.0136. The monoisotopic (exact) mass is 414 g/mol. The first-order valence-electron chi connectivity index (χ1n) is 9.55. The molecule has 0 spiro atoms. The minimum absolute atomic E-state index is 0.0250. The Balaban J connectivity index is 1.39. The molecule has 1 aromatic heterocycles. The van der Waals surface area contributed by atoms with E-state index in [0.29, 0.717) is 10.7 Å². The maximum atomic E-state index is 12.8. The second-order valence-electron chi connectivity index (χ2n) is 7.25. The highest BCUT2D eigenvalue weighted by molar-refractivity contribution is 7.99. The number of thioether (sulfide) groups is 1. The number of nitrogens with zero attached hydrogens (tertiary/aromatic N) is 4. The molecule has 3 heterocycles. The zero-order valence-corrected chi connectivity index (χ0v) is 16.9. The first-order valence-corrected chi connectivity index (χ1v) is 10.5. The molecule has 0 unspecified atom stereocenters. The first-order chi connectivity index (χ1) is 14.0. The van der Waals surface area contributed by atoms with Crippen LogP contribution in [-0.2, 0) is 28.1 Å². The van der Waals surface area contributed by atoms with Crippen LogP contribution in [0.1, 0.15) is 37.6 Å². The van der Waals surface area contributed by atoms with Crippen LogP contribution in [0.2, 0.25) is 0 Å². The number of amides is 4. The number of urea groups is 1. The fourth-order valence-corrected chi connectivity index (χ4v) is 4.34. The van der Waals surface area contributed by atoms with E-state index in [4.69, 9.17) is 0 Å². The normalized spacial score (nSPS) is 21.5. The number of aryl methyl sites for hydroxylation is 1. The first kappa shape index (κ1) is 19.4. The molecule has 2 aliphatic heterocycles. The minimum atomic E-state index is -1.22. The molecule has 1 saturated heterocycles. The highest BCUT2D eigenvalue weighted by Gasteiger charge is 2.49. The van der Waals surface area contributed by atoms with Gasteiger partial charge >= 0.3 is 6.03 Å². The molecule has 152 valence electrons. The van der Waals surface area contributed by atoms with E-state index in [9.17, 15) is 14.4 Å². The van der Waals surface area contributed by atoms with Crippen LogP contribution in [-0.4, -0.2) is 43.4 Å². The molecule has 1 aromatic carbocycles. The van der Waals surface area contributed by atoms with Crippen LogP contribution >= 0.6 is 11.8 Å². The highest BCUT2D eigenvalue weighted by Crippen LogP contribution is 2.28. The molecule has 2 aliphatic rings. The maximum absolute atomic E-state index is 12.8. The molecule has 4 amide bonds. The van der Waals surface area contributed by atoms with Crippen molar-refractivity contribution in [3.8, 4) is 0 Å². The number of nitrogens with one attached hydrogen (secondary N) is 2. The maximum Gasteiger partial charge on any atom is 0.344 e. The smallest absolute Gasteiger partial charge is 0.318 e. The largest absolute Gasteiger partial charge is 0.344 e. The van der Waals surface area contributed by atoms with Crippen molar-refractivity contribution >= 4 is 29.6 Å². The van der Waals surface area contributed by atoms with Gasteiger partial charge in [-0.2, -0.15) is 5.01 Å². The molecule has 1 atom stereocenters. The summed E-state index contributed by atoms with van der Waals surface area (Å²) in [7, 11) is 0. The van der Waals surface area contributed by atoms with Crippen LogP contribution in [0.25, 0.3) is 0 Å². The van der Waals surface area contributed by atoms with Gasteiger partial charge in [-0.05, 0) is 25.3 Å². The lowest BCUT2D eigenvalue weighted by atomic mass is 9.92. The molecular formula is C19H22N6O3S. The highest BCUT2D eigenvalue weighted by atomic mass is 32.2. The summed E-state index contributed by atoms with van der Waals surface area (Å²) < 4.78 is 2.05. The lowest BCUT2D eigenvalue weighted by Gasteiger charge is -2.22. The number of aromatic nitrogens is 3. The molecule has 0 radical (unpaired) electrons. The van der Waals surface area contributed by atoms with Gasteiger partial charge in [0.1, 0.15) is 11.4 Å². The molecule has 10 heteroatoms. The summed E-state index contributed by atoms with van der Waals surface area (Å²) >= 11 is 1.25. The summed E-state index contributed by atoms with van der Waals surface area (Å²) in [6, 6.07) is 8.28. The van der Waals surface area contributed by atoms with E-state index in [-0.39, 0.29) is 5.75 Å². The molecule has 9 nitrogen and oxygen atoms in total. The second kappa shape index (κ2) is 7.86. The number of carbonyl (C=O) groups is 3. The summed E-state index contributed by atoms with van der Waals surface area (Å²) in [6.07, 6.45) is 4.20. The van der Waals surface area contributed by atoms with Gasteiger partial charge in [0.2, 0.25) is 5.91 Å². The van der Waals surface area contributed by atoms with Crippen molar-refractivity contribution in [1.29, 1.82) is 0 Å². The van der Waals surface area contributed by atoms with E-state index in [1.807, 2.05) is 10.6 Å². The molecule has 0 bridgehead atoms. The van der Waals surface area contributed by atoms with Crippen molar-refractivity contribution in [3.05, 3.63) is 41.7 Å². The van der Waals surface area contributed by atoms with Crippen LogP contribution in [0.4, 0.5) is 4.79 Å². The zero-order chi connectivity index (χ0) is 20.4. The van der Waals surface area contributed by atoms with Gasteiger partial charge in [0.25, 0.3) is 5.91 Å². The number of rotatable bonds is 5. The van der Waals surface area contributed by atoms with Gasteiger partial charge in [-0.25, -0.2) is 4.79 Å². The third-order valence-electron chi connectivity index (χ3n) is 5.19. The fourth-order valence-electron chi connectivity index (χ4n) is 3.56. The van der Waals surface area contributed by atoms with Crippen LogP contribution in [0.5, 0.6) is 0 Å². The molecule has 1 fully saturated rings. The van der Waals surface area contributed by atoms with E-state index in [1.165, 1.54) is 11.8 Å². The van der Waals surface area contributed by atoms with E-state index in [2.05, 4.69) is 20.9 Å². The predicted molar refractivity (Wildman–Crippen MR) is 106 cm³/mol. The van der Waals surface area contributed by atoms with Crippen molar-refractivity contribution in [3.63, 3.8) is 0 Å². The van der Waals surface area contributed by atoms with Crippen molar-refractivity contribution < 1.29 is 14.4 Å². The fraction of sp³-hybridized carbons (Fsp3) is 0.421. The van der Waals surface area contributed by atoms with Gasteiger partial charge in [0.05, 0.1) is 5.75 Å². The molecule has 2 aromatic rings. The Kier molecular flexibility index (Phi) is 5.27. The summed E-state index contributed by atoms with van der Waals surface area (Å²) in [5, 5.41) is 12.5. The summed E-state index contributed by atoms with van der Waals surface area (Å²) in [4.78, 5) is 37.6. The van der Waals surface area contributed by atoms with E-state index in [1.54, 1.807) is 31.2 Å². The number of carbonyl (C=O) groups excluding carboxylic acids is 3. The number of hydrazine groups is 1.